The van der Waals surface area contributed by atoms with Crippen LogP contribution < -0.4 is 11.0 Å². The number of hydrogen-bond acceptors (Lipinski definition) is 8. The Morgan fingerprint density at radius 3 is 2.71 bits per heavy atom. The first-order valence-corrected chi connectivity index (χ1v) is 13.1. The Bertz CT molecular complexity index is 1660. The first-order chi connectivity index (χ1) is 19.5. The van der Waals surface area contributed by atoms with E-state index in [1.807, 2.05) is 13.8 Å². The average Bonchev–Trinajstić information content (AvgIpc) is 2.91. The molecule has 3 aromatic heterocycles. The fourth-order valence-corrected chi connectivity index (χ4v) is 3.96. The van der Waals surface area contributed by atoms with E-state index in [9.17, 15) is 24.5 Å². The predicted octanol–water partition coefficient (Wildman–Crippen LogP) is 3.75. The van der Waals surface area contributed by atoms with Gasteiger partial charge in [-0.15, -0.1) is 0 Å². The average molecular weight is 564 g/mol. The van der Waals surface area contributed by atoms with Crippen LogP contribution in [0.25, 0.3) is 16.7 Å². The maximum absolute atomic E-state index is 13.4. The minimum absolute atomic E-state index is 0.00148. The fourth-order valence-electron chi connectivity index (χ4n) is 3.96. The highest BCUT2D eigenvalue weighted by molar-refractivity contribution is 5.93. The number of pyridine rings is 2. The first kappa shape index (κ1) is 30.8. The van der Waals surface area contributed by atoms with Gasteiger partial charge in [0.2, 0.25) is 0 Å². The maximum Gasteiger partial charge on any atom is 0.341 e. The van der Waals surface area contributed by atoms with Crippen LogP contribution in [0.5, 0.6) is 0 Å². The standard InChI is InChI=1S/C29H33N5O7/c1-6-40-29(37)22-18-21-26(30-24-13-9-10-15-32(24)28(21)36)33(16-11-17-41-20(4)5)27(22)31-25(35)14-8-7-12-23(19(2)3)34(38)39/h7-10,12-13,15,18,20H,2,6,11,14,16-17H2,1,3-5H3/b8-7+,23-12+,31-27?. The maximum atomic E-state index is 13.4. The molecule has 0 fully saturated rings. The number of nitro groups is 1. The topological polar surface area (TPSA) is 147 Å². The van der Waals surface area contributed by atoms with E-state index in [1.54, 1.807) is 35.9 Å². The van der Waals surface area contributed by atoms with E-state index in [0.29, 0.717) is 18.7 Å². The van der Waals surface area contributed by atoms with Gasteiger partial charge < -0.3 is 14.0 Å². The third-order valence-electron chi connectivity index (χ3n) is 5.81. The number of nitrogens with zero attached hydrogens (tertiary/aromatic N) is 5. The van der Waals surface area contributed by atoms with Crippen molar-refractivity contribution in [3.63, 3.8) is 0 Å². The zero-order valence-electron chi connectivity index (χ0n) is 23.5. The SMILES string of the molecule is C=C(C)/C(=C\C=C\CC(=O)N=c1c(C(=O)OCC)cc2c(=O)n3ccccc3nc2n1CCCOC(C)C)[N+](=O)[O-]. The molecule has 3 heterocycles. The Kier molecular flexibility index (Phi) is 10.6. The second-order valence-corrected chi connectivity index (χ2v) is 9.34. The predicted molar refractivity (Wildman–Crippen MR) is 153 cm³/mol. The monoisotopic (exact) mass is 563 g/mol. The quantitative estimate of drug-likeness (QED) is 0.0808. The molecule has 12 nitrogen and oxygen atoms in total. The Morgan fingerprint density at radius 1 is 1.29 bits per heavy atom. The number of allylic oxidation sites excluding steroid dienone is 3. The Hall–Kier alpha value is -4.71. The molecule has 3 aromatic rings. The van der Waals surface area contributed by atoms with Gasteiger partial charge in [-0.2, -0.15) is 4.99 Å². The zero-order chi connectivity index (χ0) is 30.1. The fraction of sp³-hybridized carbons (Fsp3) is 0.345. The lowest BCUT2D eigenvalue weighted by Gasteiger charge is -2.15. The van der Waals surface area contributed by atoms with Crippen molar-refractivity contribution in [3.8, 4) is 0 Å². The summed E-state index contributed by atoms with van der Waals surface area (Å²) >= 11 is 0. The van der Waals surface area contributed by atoms with Crippen molar-refractivity contribution >= 4 is 28.6 Å². The van der Waals surface area contributed by atoms with Gasteiger partial charge in [0.05, 0.1) is 23.0 Å². The third-order valence-corrected chi connectivity index (χ3v) is 5.81. The van der Waals surface area contributed by atoms with Crippen molar-refractivity contribution in [1.29, 1.82) is 0 Å². The zero-order valence-corrected chi connectivity index (χ0v) is 23.5. The van der Waals surface area contributed by atoms with Crippen LogP contribution in [0.2, 0.25) is 0 Å². The highest BCUT2D eigenvalue weighted by atomic mass is 16.6. The summed E-state index contributed by atoms with van der Waals surface area (Å²) in [5, 5.41) is 11.3. The van der Waals surface area contributed by atoms with Crippen LogP contribution in [-0.2, 0) is 20.8 Å². The number of carbonyl (C=O) groups is 2. The second kappa shape index (κ2) is 14.1. The summed E-state index contributed by atoms with van der Waals surface area (Å²) in [7, 11) is 0. The highest BCUT2D eigenvalue weighted by Gasteiger charge is 2.20. The summed E-state index contributed by atoms with van der Waals surface area (Å²) < 4.78 is 13.8. The lowest BCUT2D eigenvalue weighted by Crippen LogP contribution is -2.33. The molecule has 3 rings (SSSR count). The molecule has 0 aliphatic rings. The molecule has 0 aliphatic heterocycles. The van der Waals surface area contributed by atoms with Crippen LogP contribution >= 0.6 is 0 Å². The minimum Gasteiger partial charge on any atom is -0.462 e. The van der Waals surface area contributed by atoms with E-state index < -0.39 is 22.4 Å². The Balaban J connectivity index is 2.21. The van der Waals surface area contributed by atoms with Crippen LogP contribution in [-0.4, -0.2) is 50.1 Å². The summed E-state index contributed by atoms with van der Waals surface area (Å²) in [4.78, 5) is 58.9. The molecule has 216 valence electrons. The van der Waals surface area contributed by atoms with Gasteiger partial charge in [0.25, 0.3) is 17.2 Å². The molecule has 0 spiro atoms. The number of fused-ring (bicyclic) bond motifs is 2. The number of aryl methyl sites for hydroxylation is 1. The van der Waals surface area contributed by atoms with Gasteiger partial charge in [0.15, 0.2) is 5.49 Å². The van der Waals surface area contributed by atoms with Crippen molar-refractivity contribution < 1.29 is 24.0 Å². The summed E-state index contributed by atoms with van der Waals surface area (Å²) in [5.74, 6) is -1.37. The van der Waals surface area contributed by atoms with Crippen molar-refractivity contribution in [1.82, 2.24) is 14.0 Å². The van der Waals surface area contributed by atoms with Crippen LogP contribution in [0.15, 0.2) is 76.3 Å². The second-order valence-electron chi connectivity index (χ2n) is 9.34. The van der Waals surface area contributed by atoms with Gasteiger partial charge in [-0.05, 0) is 52.3 Å². The first-order valence-electron chi connectivity index (χ1n) is 13.1. The van der Waals surface area contributed by atoms with Crippen LogP contribution in [0.3, 0.4) is 0 Å². The van der Waals surface area contributed by atoms with Crippen LogP contribution in [0.4, 0.5) is 0 Å². The van der Waals surface area contributed by atoms with E-state index in [2.05, 4.69) is 16.6 Å². The van der Waals surface area contributed by atoms with Gasteiger partial charge in [-0.1, -0.05) is 24.8 Å². The molecule has 0 radical (unpaired) electrons. The van der Waals surface area contributed by atoms with Gasteiger partial charge in [0, 0.05) is 37.4 Å². The Labute approximate surface area is 236 Å². The number of rotatable bonds is 12. The van der Waals surface area contributed by atoms with E-state index in [4.69, 9.17) is 9.47 Å². The molecule has 0 atom stereocenters. The normalized spacial score (nSPS) is 12.5. The van der Waals surface area contributed by atoms with E-state index in [0.717, 1.165) is 0 Å². The molecule has 0 bridgehead atoms. The smallest absolute Gasteiger partial charge is 0.341 e. The molecule has 0 aliphatic carbocycles. The number of amides is 1. The molecule has 41 heavy (non-hydrogen) atoms. The molecule has 0 unspecified atom stereocenters. The van der Waals surface area contributed by atoms with E-state index in [-0.39, 0.29) is 59.0 Å². The van der Waals surface area contributed by atoms with E-state index in [1.165, 1.54) is 35.6 Å². The Morgan fingerprint density at radius 2 is 2.05 bits per heavy atom. The molecular formula is C29H33N5O7. The van der Waals surface area contributed by atoms with Crippen molar-refractivity contribution in [2.75, 3.05) is 13.2 Å². The van der Waals surface area contributed by atoms with Gasteiger partial charge in [0.1, 0.15) is 16.9 Å². The number of ether oxygens (including phenoxy) is 2. The van der Waals surface area contributed by atoms with Gasteiger partial charge in [-0.25, -0.2) is 9.78 Å². The number of carbonyl (C=O) groups excluding carboxylic acids is 2. The molecule has 0 N–H and O–H groups in total. The third kappa shape index (κ3) is 7.70. The molecule has 0 aromatic carbocycles. The van der Waals surface area contributed by atoms with Crippen molar-refractivity contribution in [3.05, 3.63) is 98.1 Å². The lowest BCUT2D eigenvalue weighted by molar-refractivity contribution is -0.420. The van der Waals surface area contributed by atoms with E-state index >= 15 is 0 Å². The largest absolute Gasteiger partial charge is 0.462 e. The molecule has 0 saturated carbocycles. The summed E-state index contributed by atoms with van der Waals surface area (Å²) in [6, 6.07) is 6.47. The molecular weight excluding hydrogens is 530 g/mol. The summed E-state index contributed by atoms with van der Waals surface area (Å²) in [6.45, 7) is 11.2. The van der Waals surface area contributed by atoms with Crippen molar-refractivity contribution in [2.45, 2.75) is 53.2 Å². The molecule has 1 amide bonds. The highest BCUT2D eigenvalue weighted by Crippen LogP contribution is 2.13. The summed E-state index contributed by atoms with van der Waals surface area (Å²) in [6.07, 6.45) is 5.89. The van der Waals surface area contributed by atoms with Crippen LogP contribution in [0.1, 0.15) is 50.9 Å². The van der Waals surface area contributed by atoms with Crippen molar-refractivity contribution in [2.24, 2.45) is 4.99 Å². The lowest BCUT2D eigenvalue weighted by atomic mass is 10.2. The molecule has 0 saturated heterocycles. The van der Waals surface area contributed by atoms with Crippen LogP contribution in [0, 0.1) is 10.1 Å². The van der Waals surface area contributed by atoms with Gasteiger partial charge in [-0.3, -0.25) is 24.1 Å². The van der Waals surface area contributed by atoms with Gasteiger partial charge >= 0.3 is 5.97 Å². The number of hydrogen-bond donors (Lipinski definition) is 0. The minimum atomic E-state index is -0.749. The molecule has 12 heteroatoms. The summed E-state index contributed by atoms with van der Waals surface area (Å²) in [5.41, 5.74) is 0.256. The number of esters is 1. The number of aromatic nitrogens is 3.